The zero-order chi connectivity index (χ0) is 21.2. The van der Waals surface area contributed by atoms with Gasteiger partial charge in [0.1, 0.15) is 5.82 Å². The van der Waals surface area contributed by atoms with E-state index in [-0.39, 0.29) is 11.7 Å². The Morgan fingerprint density at radius 3 is 2.53 bits per heavy atom. The molecule has 0 atom stereocenters. The molecule has 2 aliphatic heterocycles. The van der Waals surface area contributed by atoms with Crippen molar-refractivity contribution in [1.29, 1.82) is 0 Å². The number of hydrogen-bond acceptors (Lipinski definition) is 3. The quantitative estimate of drug-likeness (QED) is 0.420. The molecule has 1 aromatic rings. The molecule has 2 fully saturated rings. The molecule has 166 valence electrons. The molecule has 0 saturated carbocycles. The molecular weight excluding hydrogens is 381 g/mol. The Hall–Kier alpha value is -2.15. The van der Waals surface area contributed by atoms with Gasteiger partial charge in [0.2, 0.25) is 5.91 Å². The summed E-state index contributed by atoms with van der Waals surface area (Å²) in [5.41, 5.74) is 1.02. The summed E-state index contributed by atoms with van der Waals surface area (Å²) in [4.78, 5) is 23.9. The van der Waals surface area contributed by atoms with Crippen LogP contribution in [0.25, 0.3) is 0 Å². The number of guanidine groups is 1. The minimum atomic E-state index is -0.180. The summed E-state index contributed by atoms with van der Waals surface area (Å²) in [6, 6.07) is 6.79. The van der Waals surface area contributed by atoms with Gasteiger partial charge in [-0.3, -0.25) is 14.7 Å². The van der Waals surface area contributed by atoms with Gasteiger partial charge in [-0.25, -0.2) is 4.39 Å². The van der Waals surface area contributed by atoms with Crippen LogP contribution < -0.4 is 5.32 Å². The van der Waals surface area contributed by atoms with Crippen LogP contribution in [0.15, 0.2) is 29.3 Å². The highest BCUT2D eigenvalue weighted by Gasteiger charge is 2.24. The number of aliphatic imine (C=N–C) groups is 1. The van der Waals surface area contributed by atoms with E-state index < -0.39 is 0 Å². The predicted molar refractivity (Wildman–Crippen MR) is 119 cm³/mol. The molecule has 2 aliphatic rings. The van der Waals surface area contributed by atoms with Gasteiger partial charge >= 0.3 is 0 Å². The minimum absolute atomic E-state index is 0.180. The van der Waals surface area contributed by atoms with E-state index in [0.717, 1.165) is 83.0 Å². The van der Waals surface area contributed by atoms with Crippen LogP contribution >= 0.6 is 0 Å². The maximum atomic E-state index is 13.3. The summed E-state index contributed by atoms with van der Waals surface area (Å²) in [7, 11) is 0. The molecular formula is C23H36FN5O. The Balaban J connectivity index is 1.42. The van der Waals surface area contributed by atoms with E-state index in [1.165, 1.54) is 12.5 Å². The van der Waals surface area contributed by atoms with E-state index in [0.29, 0.717) is 13.1 Å². The maximum absolute atomic E-state index is 13.3. The lowest BCUT2D eigenvalue weighted by Gasteiger charge is -2.37. The molecule has 0 radical (unpaired) electrons. The van der Waals surface area contributed by atoms with Crippen LogP contribution in [0.5, 0.6) is 0 Å². The number of nitrogens with zero attached hydrogens (tertiary/aromatic N) is 4. The fourth-order valence-electron chi connectivity index (χ4n) is 4.14. The monoisotopic (exact) mass is 417 g/mol. The first kappa shape index (κ1) is 22.5. The third-order valence-corrected chi connectivity index (χ3v) is 5.85. The third kappa shape index (κ3) is 6.97. The van der Waals surface area contributed by atoms with E-state index in [1.54, 1.807) is 12.1 Å². The molecule has 0 bridgehead atoms. The zero-order valence-electron chi connectivity index (χ0n) is 18.3. The number of aryl methyl sites for hydroxylation is 1. The van der Waals surface area contributed by atoms with Crippen molar-refractivity contribution in [3.05, 3.63) is 35.6 Å². The number of piperazine rings is 1. The molecule has 7 heteroatoms. The SMILES string of the molecule is CCNC(=NCCCc1cccc(F)c1)N1CCN(CC(=O)N2CCCCC2)CC1. The van der Waals surface area contributed by atoms with E-state index >= 15 is 0 Å². The van der Waals surface area contributed by atoms with E-state index in [9.17, 15) is 9.18 Å². The lowest BCUT2D eigenvalue weighted by atomic mass is 10.1. The first-order valence-corrected chi connectivity index (χ1v) is 11.4. The van der Waals surface area contributed by atoms with Crippen LogP contribution in [0.2, 0.25) is 0 Å². The highest BCUT2D eigenvalue weighted by atomic mass is 19.1. The van der Waals surface area contributed by atoms with Crippen LogP contribution in [-0.4, -0.2) is 85.5 Å². The molecule has 2 saturated heterocycles. The molecule has 1 aromatic carbocycles. The number of amides is 1. The van der Waals surface area contributed by atoms with E-state index in [2.05, 4.69) is 22.0 Å². The molecule has 0 spiro atoms. The lowest BCUT2D eigenvalue weighted by Crippen LogP contribution is -2.54. The van der Waals surface area contributed by atoms with Crippen molar-refractivity contribution >= 4 is 11.9 Å². The second-order valence-electron chi connectivity index (χ2n) is 8.17. The number of halogens is 1. The Labute approximate surface area is 180 Å². The lowest BCUT2D eigenvalue weighted by molar-refractivity contribution is -0.133. The normalized spacial score (nSPS) is 18.5. The third-order valence-electron chi connectivity index (χ3n) is 5.85. The topological polar surface area (TPSA) is 51.2 Å². The molecule has 2 heterocycles. The Bertz CT molecular complexity index is 697. The predicted octanol–water partition coefficient (Wildman–Crippen LogP) is 2.35. The number of benzene rings is 1. The number of piperidine rings is 1. The fraction of sp³-hybridized carbons (Fsp3) is 0.652. The van der Waals surface area contributed by atoms with Gasteiger partial charge in [-0.1, -0.05) is 12.1 Å². The minimum Gasteiger partial charge on any atom is -0.357 e. The second-order valence-corrected chi connectivity index (χ2v) is 8.17. The van der Waals surface area contributed by atoms with Gasteiger partial charge < -0.3 is 15.1 Å². The van der Waals surface area contributed by atoms with Crippen LogP contribution in [0.1, 0.15) is 38.2 Å². The maximum Gasteiger partial charge on any atom is 0.236 e. The number of nitrogens with one attached hydrogen (secondary N) is 1. The van der Waals surface area contributed by atoms with E-state index in [1.807, 2.05) is 11.0 Å². The van der Waals surface area contributed by atoms with Gasteiger partial charge in [-0.05, 0) is 56.7 Å². The van der Waals surface area contributed by atoms with Gasteiger partial charge in [-0.2, -0.15) is 0 Å². The van der Waals surface area contributed by atoms with Crippen LogP contribution in [-0.2, 0) is 11.2 Å². The number of hydrogen-bond donors (Lipinski definition) is 1. The summed E-state index contributed by atoms with van der Waals surface area (Å²) >= 11 is 0. The molecule has 30 heavy (non-hydrogen) atoms. The smallest absolute Gasteiger partial charge is 0.236 e. The van der Waals surface area contributed by atoms with Gasteiger partial charge in [0, 0.05) is 52.4 Å². The zero-order valence-corrected chi connectivity index (χ0v) is 18.3. The largest absolute Gasteiger partial charge is 0.357 e. The van der Waals surface area contributed by atoms with E-state index in [4.69, 9.17) is 4.99 Å². The fourth-order valence-corrected chi connectivity index (χ4v) is 4.14. The summed E-state index contributed by atoms with van der Waals surface area (Å²) in [6.07, 6.45) is 5.25. The molecule has 3 rings (SSSR count). The average molecular weight is 418 g/mol. The number of carbonyl (C=O) groups excluding carboxylic acids is 1. The van der Waals surface area contributed by atoms with Crippen molar-refractivity contribution in [1.82, 2.24) is 20.0 Å². The summed E-state index contributed by atoms with van der Waals surface area (Å²) in [5, 5.41) is 3.39. The van der Waals surface area contributed by atoms with Crippen molar-refractivity contribution < 1.29 is 9.18 Å². The van der Waals surface area contributed by atoms with Crippen molar-refractivity contribution in [3.8, 4) is 0 Å². The van der Waals surface area contributed by atoms with Crippen molar-refractivity contribution in [3.63, 3.8) is 0 Å². The second kappa shape index (κ2) is 11.9. The molecule has 0 unspecified atom stereocenters. The Morgan fingerprint density at radius 2 is 1.83 bits per heavy atom. The molecule has 1 amide bonds. The molecule has 0 aromatic heterocycles. The van der Waals surface area contributed by atoms with Crippen molar-refractivity contribution in [2.24, 2.45) is 4.99 Å². The summed E-state index contributed by atoms with van der Waals surface area (Å²) < 4.78 is 13.3. The Kier molecular flexibility index (Phi) is 8.93. The molecule has 6 nitrogen and oxygen atoms in total. The standard InChI is InChI=1S/C23H36FN5O/c1-2-25-23(26-11-7-9-20-8-6-10-21(24)18-20)29-16-14-27(15-17-29)19-22(30)28-12-4-3-5-13-28/h6,8,10,18H,2-5,7,9,11-17,19H2,1H3,(H,25,26). The molecule has 1 N–H and O–H groups in total. The van der Waals surface area contributed by atoms with Crippen LogP contribution in [0, 0.1) is 5.82 Å². The first-order valence-electron chi connectivity index (χ1n) is 11.4. The van der Waals surface area contributed by atoms with Crippen LogP contribution in [0.4, 0.5) is 4.39 Å². The van der Waals surface area contributed by atoms with Crippen molar-refractivity contribution in [2.75, 3.05) is 58.9 Å². The number of likely N-dealkylation sites (tertiary alicyclic amines) is 1. The summed E-state index contributed by atoms with van der Waals surface area (Å²) in [6.45, 7) is 9.53. The molecule has 0 aliphatic carbocycles. The highest BCUT2D eigenvalue weighted by Crippen LogP contribution is 2.11. The van der Waals surface area contributed by atoms with Gasteiger partial charge in [0.15, 0.2) is 5.96 Å². The number of carbonyl (C=O) groups is 1. The average Bonchev–Trinajstić information content (AvgIpc) is 2.77. The van der Waals surface area contributed by atoms with Crippen LogP contribution in [0.3, 0.4) is 0 Å². The van der Waals surface area contributed by atoms with Gasteiger partial charge in [-0.15, -0.1) is 0 Å². The van der Waals surface area contributed by atoms with Gasteiger partial charge in [0.25, 0.3) is 0 Å². The summed E-state index contributed by atoms with van der Waals surface area (Å²) in [5.74, 6) is 1.04. The van der Waals surface area contributed by atoms with Gasteiger partial charge in [0.05, 0.1) is 6.54 Å². The van der Waals surface area contributed by atoms with Crippen molar-refractivity contribution in [2.45, 2.75) is 39.0 Å². The highest BCUT2D eigenvalue weighted by molar-refractivity contribution is 5.80. The Morgan fingerprint density at radius 1 is 1.07 bits per heavy atom. The first-order chi connectivity index (χ1) is 14.7. The number of rotatable bonds is 7.